The first kappa shape index (κ1) is 9.45. The highest BCUT2D eigenvalue weighted by Crippen LogP contribution is 2.63. The predicted octanol–water partition coefficient (Wildman–Crippen LogP) is 3.15. The van der Waals surface area contributed by atoms with Gasteiger partial charge in [-0.25, -0.2) is 0 Å². The summed E-state index contributed by atoms with van der Waals surface area (Å²) in [5.74, 6) is 1.82. The summed E-state index contributed by atoms with van der Waals surface area (Å²) in [7, 11) is 0. The number of ketones is 1. The molecule has 13 heavy (non-hydrogen) atoms. The lowest BCUT2D eigenvalue weighted by Crippen LogP contribution is -2.12. The third kappa shape index (κ3) is 1.30. The van der Waals surface area contributed by atoms with E-state index in [1.807, 2.05) is 6.92 Å². The zero-order valence-corrected chi connectivity index (χ0v) is 9.89. The minimum Gasteiger partial charge on any atom is -0.293 e. The Balaban J connectivity index is 2.29. The topological polar surface area (TPSA) is 17.1 Å². The smallest absolute Gasteiger partial charge is 0.172 e. The van der Waals surface area contributed by atoms with Gasteiger partial charge in [0.2, 0.25) is 0 Å². The summed E-state index contributed by atoms with van der Waals surface area (Å²) in [5, 5.41) is 0. The van der Waals surface area contributed by atoms with Gasteiger partial charge in [0.15, 0.2) is 5.78 Å². The molecule has 1 saturated carbocycles. The first-order chi connectivity index (χ1) is 5.94. The summed E-state index contributed by atoms with van der Waals surface area (Å²) in [4.78, 5) is 11.6. The quantitative estimate of drug-likeness (QED) is 0.638. The van der Waals surface area contributed by atoms with Gasteiger partial charge in [0.1, 0.15) is 0 Å². The molecular formula is C11H15BrO. The van der Waals surface area contributed by atoms with Crippen LogP contribution in [0.15, 0.2) is 10.6 Å². The molecular weight excluding hydrogens is 228 g/mol. The third-order valence-electron chi connectivity index (χ3n) is 3.76. The van der Waals surface area contributed by atoms with Crippen molar-refractivity contribution in [2.75, 3.05) is 0 Å². The zero-order chi connectivity index (χ0) is 9.80. The molecule has 0 bridgehead atoms. The first-order valence-electron chi connectivity index (χ1n) is 4.86. The van der Waals surface area contributed by atoms with Gasteiger partial charge in [-0.2, -0.15) is 0 Å². The molecule has 0 saturated heterocycles. The summed E-state index contributed by atoms with van der Waals surface area (Å²) in [5.41, 5.74) is 0.425. The second kappa shape index (κ2) is 2.69. The van der Waals surface area contributed by atoms with Crippen LogP contribution in [0.5, 0.6) is 0 Å². The Labute approximate surface area is 87.7 Å². The summed E-state index contributed by atoms with van der Waals surface area (Å²) in [6.45, 7) is 6.62. The molecule has 1 nitrogen and oxygen atoms in total. The van der Waals surface area contributed by atoms with Crippen molar-refractivity contribution >= 4 is 21.7 Å². The Kier molecular flexibility index (Phi) is 1.96. The minimum absolute atomic E-state index is 0.197. The fourth-order valence-electron chi connectivity index (χ4n) is 2.53. The van der Waals surface area contributed by atoms with Crippen LogP contribution >= 0.6 is 15.9 Å². The van der Waals surface area contributed by atoms with Crippen LogP contribution in [0.25, 0.3) is 0 Å². The number of hydrogen-bond donors (Lipinski definition) is 0. The second-order valence-electron chi connectivity index (χ2n) is 4.97. The zero-order valence-electron chi connectivity index (χ0n) is 8.30. The van der Waals surface area contributed by atoms with Crippen LogP contribution in [0.1, 0.15) is 27.2 Å². The van der Waals surface area contributed by atoms with Crippen LogP contribution in [0.3, 0.4) is 0 Å². The molecule has 2 aliphatic carbocycles. The molecule has 2 aliphatic rings. The molecule has 0 spiro atoms. The molecule has 0 radical (unpaired) electrons. The van der Waals surface area contributed by atoms with Gasteiger partial charge in [-0.3, -0.25) is 4.79 Å². The van der Waals surface area contributed by atoms with Gasteiger partial charge in [0, 0.05) is 5.92 Å². The maximum atomic E-state index is 11.6. The predicted molar refractivity (Wildman–Crippen MR) is 56.6 cm³/mol. The van der Waals surface area contributed by atoms with Gasteiger partial charge < -0.3 is 0 Å². The average molecular weight is 243 g/mol. The number of hydrogen-bond acceptors (Lipinski definition) is 1. The number of carbonyl (C=O) groups is 1. The Hall–Kier alpha value is -0.110. The van der Waals surface area contributed by atoms with Gasteiger partial charge >= 0.3 is 0 Å². The lowest BCUT2D eigenvalue weighted by molar-refractivity contribution is -0.118. The second-order valence-corrected chi connectivity index (χ2v) is 5.82. The molecule has 0 N–H and O–H groups in total. The van der Waals surface area contributed by atoms with E-state index in [2.05, 4.69) is 35.9 Å². The third-order valence-corrected chi connectivity index (χ3v) is 4.41. The number of rotatable bonds is 0. The van der Waals surface area contributed by atoms with E-state index in [9.17, 15) is 4.79 Å². The maximum absolute atomic E-state index is 11.6. The standard InChI is InChI=1S/C11H15BrO/c1-6-4-7-8(11(7,2)3)5-9(12)10(6)13/h5-8H,4H2,1-3H3/t6-,7-,8+/m1/s1. The van der Waals surface area contributed by atoms with E-state index in [-0.39, 0.29) is 11.7 Å². The van der Waals surface area contributed by atoms with E-state index in [4.69, 9.17) is 0 Å². The summed E-state index contributed by atoms with van der Waals surface area (Å²) < 4.78 is 0.804. The van der Waals surface area contributed by atoms with Crippen LogP contribution in [0.4, 0.5) is 0 Å². The van der Waals surface area contributed by atoms with E-state index in [0.29, 0.717) is 11.3 Å². The van der Waals surface area contributed by atoms with Gasteiger partial charge in [0.05, 0.1) is 4.48 Å². The monoisotopic (exact) mass is 242 g/mol. The molecule has 0 aromatic carbocycles. The number of fused-ring (bicyclic) bond motifs is 1. The van der Waals surface area contributed by atoms with Gasteiger partial charge in [-0.15, -0.1) is 0 Å². The van der Waals surface area contributed by atoms with Crippen molar-refractivity contribution in [3.8, 4) is 0 Å². The molecule has 0 unspecified atom stereocenters. The average Bonchev–Trinajstić information content (AvgIpc) is 2.56. The fourth-order valence-corrected chi connectivity index (χ4v) is 3.21. The van der Waals surface area contributed by atoms with E-state index >= 15 is 0 Å². The molecule has 2 rings (SSSR count). The van der Waals surface area contributed by atoms with Crippen molar-refractivity contribution in [1.82, 2.24) is 0 Å². The molecule has 3 atom stereocenters. The van der Waals surface area contributed by atoms with Crippen LogP contribution in [0.2, 0.25) is 0 Å². The molecule has 2 heteroatoms. The Bertz CT molecular complexity index is 290. The first-order valence-corrected chi connectivity index (χ1v) is 5.65. The largest absolute Gasteiger partial charge is 0.293 e. The lowest BCUT2D eigenvalue weighted by Gasteiger charge is -2.10. The molecule has 72 valence electrons. The number of Topliss-reactive ketones (excluding diaryl/α,β-unsaturated/α-hetero) is 1. The van der Waals surface area contributed by atoms with E-state index in [1.165, 1.54) is 0 Å². The highest BCUT2D eigenvalue weighted by molar-refractivity contribution is 9.12. The SMILES string of the molecule is C[C@@H]1C[C@@H]2[C@H](C=C(Br)C1=O)C2(C)C. The van der Waals surface area contributed by atoms with Crippen LogP contribution in [0, 0.1) is 23.2 Å². The summed E-state index contributed by atoms with van der Waals surface area (Å²) >= 11 is 3.37. The van der Waals surface area contributed by atoms with Crippen molar-refractivity contribution in [1.29, 1.82) is 0 Å². The molecule has 0 aromatic heterocycles. The lowest BCUT2D eigenvalue weighted by atomic mass is 9.96. The van der Waals surface area contributed by atoms with Crippen molar-refractivity contribution in [3.05, 3.63) is 10.6 Å². The Morgan fingerprint density at radius 1 is 1.54 bits per heavy atom. The van der Waals surface area contributed by atoms with Crippen molar-refractivity contribution in [2.24, 2.45) is 23.2 Å². The van der Waals surface area contributed by atoms with E-state index in [0.717, 1.165) is 16.8 Å². The van der Waals surface area contributed by atoms with Crippen molar-refractivity contribution in [2.45, 2.75) is 27.2 Å². The van der Waals surface area contributed by atoms with E-state index < -0.39 is 0 Å². The number of allylic oxidation sites excluding steroid dienone is 2. The van der Waals surface area contributed by atoms with Gasteiger partial charge in [-0.1, -0.05) is 26.8 Å². The highest BCUT2D eigenvalue weighted by Gasteiger charge is 2.57. The summed E-state index contributed by atoms with van der Waals surface area (Å²) in [6, 6.07) is 0. The molecule has 0 aromatic rings. The number of carbonyl (C=O) groups excluding carboxylic acids is 1. The minimum atomic E-state index is 0.197. The number of halogens is 1. The highest BCUT2D eigenvalue weighted by atomic mass is 79.9. The van der Waals surface area contributed by atoms with Gasteiger partial charge in [-0.05, 0) is 39.6 Å². The molecule has 0 heterocycles. The van der Waals surface area contributed by atoms with Crippen LogP contribution in [-0.2, 0) is 4.79 Å². The van der Waals surface area contributed by atoms with Crippen LogP contribution in [-0.4, -0.2) is 5.78 Å². The van der Waals surface area contributed by atoms with E-state index in [1.54, 1.807) is 0 Å². The van der Waals surface area contributed by atoms with Crippen molar-refractivity contribution in [3.63, 3.8) is 0 Å². The normalized spacial score (nSPS) is 42.0. The maximum Gasteiger partial charge on any atom is 0.172 e. The summed E-state index contributed by atoms with van der Waals surface area (Å²) in [6.07, 6.45) is 3.18. The van der Waals surface area contributed by atoms with Gasteiger partial charge in [0.25, 0.3) is 0 Å². The Morgan fingerprint density at radius 2 is 2.15 bits per heavy atom. The van der Waals surface area contributed by atoms with Crippen LogP contribution < -0.4 is 0 Å². The molecule has 0 aliphatic heterocycles. The fraction of sp³-hybridized carbons (Fsp3) is 0.727. The van der Waals surface area contributed by atoms with Crippen molar-refractivity contribution < 1.29 is 4.79 Å². The Morgan fingerprint density at radius 3 is 2.77 bits per heavy atom. The molecule has 0 amide bonds. The molecule has 1 fully saturated rings.